The van der Waals surface area contributed by atoms with E-state index in [1.165, 1.54) is 4.90 Å². The fourth-order valence-corrected chi connectivity index (χ4v) is 6.11. The van der Waals surface area contributed by atoms with Crippen LogP contribution < -0.4 is 5.56 Å². The number of furan rings is 1. The predicted molar refractivity (Wildman–Crippen MR) is 157 cm³/mol. The van der Waals surface area contributed by atoms with E-state index in [2.05, 4.69) is 17.1 Å². The van der Waals surface area contributed by atoms with Crippen LogP contribution in [0.2, 0.25) is 5.02 Å². The van der Waals surface area contributed by atoms with E-state index >= 15 is 0 Å². The van der Waals surface area contributed by atoms with Gasteiger partial charge in [0, 0.05) is 22.5 Å². The molecular weight excluding hydrogens is 538 g/mol. The minimum absolute atomic E-state index is 0.100. The Hall–Kier alpha value is -4.20. The fraction of sp³-hybridized carbons (Fsp3) is 0.242. The molecule has 7 nitrogen and oxygen atoms in total. The molecule has 1 amide bonds. The number of fused-ring (bicyclic) bond motifs is 2. The van der Waals surface area contributed by atoms with Crippen LogP contribution in [0.15, 0.2) is 88.1 Å². The molecule has 2 aliphatic rings. The van der Waals surface area contributed by atoms with Gasteiger partial charge in [-0.3, -0.25) is 9.59 Å². The van der Waals surface area contributed by atoms with Crippen molar-refractivity contribution in [3.05, 3.63) is 122 Å². The van der Waals surface area contributed by atoms with Crippen LogP contribution in [0, 0.1) is 0 Å². The van der Waals surface area contributed by atoms with Crippen LogP contribution >= 0.6 is 11.6 Å². The zero-order chi connectivity index (χ0) is 28.1. The number of aromatic nitrogens is 2. The number of nitrogens with zero attached hydrogens (tertiary/aromatic N) is 2. The highest BCUT2D eigenvalue weighted by molar-refractivity contribution is 6.30. The van der Waals surface area contributed by atoms with Crippen molar-refractivity contribution in [1.29, 1.82) is 0 Å². The molecule has 41 heavy (non-hydrogen) atoms. The summed E-state index contributed by atoms with van der Waals surface area (Å²) in [4.78, 5) is 36.3. The number of amides is 1. The number of benzene rings is 3. The maximum absolute atomic E-state index is 13.5. The lowest BCUT2D eigenvalue weighted by Gasteiger charge is -2.24. The molecule has 3 aromatic carbocycles. The van der Waals surface area contributed by atoms with E-state index in [4.69, 9.17) is 21.0 Å². The topological polar surface area (TPSA) is 99.4 Å². The van der Waals surface area contributed by atoms with Gasteiger partial charge in [0.1, 0.15) is 17.2 Å². The first-order valence-corrected chi connectivity index (χ1v) is 14.2. The van der Waals surface area contributed by atoms with E-state index in [-0.39, 0.29) is 17.5 Å². The van der Waals surface area contributed by atoms with Gasteiger partial charge in [0.15, 0.2) is 6.10 Å². The number of H-pyrrole nitrogens is 1. The number of para-hydroxylation sites is 1. The van der Waals surface area contributed by atoms with Gasteiger partial charge in [-0.25, -0.2) is 4.98 Å². The number of carbonyl (C=O) groups is 1. The standard InChI is InChI=1S/C33H28ClN3O4/c34-24-10-4-8-22(17-24)29(38)31(40)37-15-5-11-26-25(19-37)30(39)36-32(35-26)33(13-14-33)23-9-3-7-20(16-23)28-18-21-6-1-2-12-27(21)41-28/h1-4,6-10,12,16-18,29,38H,5,11,13-15,19H2,(H,35,36,39)/t29-/m1/s1. The lowest BCUT2D eigenvalue weighted by atomic mass is 9.92. The number of carbonyl (C=O) groups excluding carboxylic acids is 1. The van der Waals surface area contributed by atoms with Crippen LogP contribution in [0.1, 0.15) is 53.6 Å². The highest BCUT2D eigenvalue weighted by Gasteiger charge is 2.49. The number of hydrogen-bond acceptors (Lipinski definition) is 5. The molecule has 1 atom stereocenters. The summed E-state index contributed by atoms with van der Waals surface area (Å²) in [5.41, 5.74) is 3.94. The third kappa shape index (κ3) is 4.65. The molecular formula is C33H28ClN3O4. The van der Waals surface area contributed by atoms with E-state index in [9.17, 15) is 14.7 Å². The van der Waals surface area contributed by atoms with E-state index in [0.717, 1.165) is 46.4 Å². The molecule has 0 bridgehead atoms. The lowest BCUT2D eigenvalue weighted by Crippen LogP contribution is -2.36. The molecule has 206 valence electrons. The summed E-state index contributed by atoms with van der Waals surface area (Å²) in [6, 6.07) is 24.9. The van der Waals surface area contributed by atoms with Crippen molar-refractivity contribution in [2.24, 2.45) is 0 Å². The minimum Gasteiger partial charge on any atom is -0.456 e. The zero-order valence-corrected chi connectivity index (χ0v) is 23.0. The molecule has 1 aliphatic heterocycles. The van der Waals surface area contributed by atoms with Crippen molar-refractivity contribution in [1.82, 2.24) is 14.9 Å². The van der Waals surface area contributed by atoms with Crippen LogP contribution in [-0.4, -0.2) is 32.4 Å². The summed E-state index contributed by atoms with van der Waals surface area (Å²) in [5.74, 6) is 1.02. The minimum atomic E-state index is -1.35. The molecule has 5 aromatic rings. The number of aromatic amines is 1. The maximum atomic E-state index is 13.5. The third-order valence-corrected chi connectivity index (χ3v) is 8.57. The maximum Gasteiger partial charge on any atom is 0.256 e. The number of halogens is 1. The zero-order valence-electron chi connectivity index (χ0n) is 22.3. The van der Waals surface area contributed by atoms with Gasteiger partial charge in [-0.05, 0) is 67.1 Å². The van der Waals surface area contributed by atoms with Crippen LogP contribution in [0.25, 0.3) is 22.3 Å². The summed E-state index contributed by atoms with van der Waals surface area (Å²) >= 11 is 6.06. The normalized spacial score (nSPS) is 16.7. The van der Waals surface area contributed by atoms with Crippen LogP contribution in [0.3, 0.4) is 0 Å². The summed E-state index contributed by atoms with van der Waals surface area (Å²) in [5, 5.41) is 12.2. The molecule has 1 aliphatic carbocycles. The Bertz CT molecular complexity index is 1820. The lowest BCUT2D eigenvalue weighted by molar-refractivity contribution is -0.141. The van der Waals surface area contributed by atoms with E-state index in [1.54, 1.807) is 24.3 Å². The first-order valence-electron chi connectivity index (χ1n) is 13.9. The molecule has 1 fully saturated rings. The molecule has 2 N–H and O–H groups in total. The highest BCUT2D eigenvalue weighted by Crippen LogP contribution is 2.52. The van der Waals surface area contributed by atoms with Crippen molar-refractivity contribution < 1.29 is 14.3 Å². The van der Waals surface area contributed by atoms with Gasteiger partial charge < -0.3 is 19.4 Å². The molecule has 2 aromatic heterocycles. The van der Waals surface area contributed by atoms with Gasteiger partial charge in [0.05, 0.1) is 23.2 Å². The monoisotopic (exact) mass is 565 g/mol. The molecule has 8 heteroatoms. The van der Waals surface area contributed by atoms with Gasteiger partial charge in [-0.2, -0.15) is 0 Å². The number of nitrogens with one attached hydrogen (secondary N) is 1. The Morgan fingerprint density at radius 2 is 1.88 bits per heavy atom. The highest BCUT2D eigenvalue weighted by atomic mass is 35.5. The van der Waals surface area contributed by atoms with E-state index in [1.807, 2.05) is 42.5 Å². The Morgan fingerprint density at radius 3 is 2.68 bits per heavy atom. The summed E-state index contributed by atoms with van der Waals surface area (Å²) in [7, 11) is 0. The number of rotatable bonds is 5. The average Bonchev–Trinajstić information content (AvgIpc) is 3.73. The molecule has 7 rings (SSSR count). The van der Waals surface area contributed by atoms with Crippen LogP contribution in [0.5, 0.6) is 0 Å². The summed E-state index contributed by atoms with van der Waals surface area (Å²) < 4.78 is 6.11. The quantitative estimate of drug-likeness (QED) is 0.275. The van der Waals surface area contributed by atoms with Gasteiger partial charge in [0.2, 0.25) is 0 Å². The van der Waals surface area contributed by atoms with Gasteiger partial charge in [-0.15, -0.1) is 0 Å². The van der Waals surface area contributed by atoms with Crippen molar-refractivity contribution in [3.63, 3.8) is 0 Å². The Morgan fingerprint density at radius 1 is 1.05 bits per heavy atom. The van der Waals surface area contributed by atoms with E-state index < -0.39 is 12.0 Å². The summed E-state index contributed by atoms with van der Waals surface area (Å²) in [6.45, 7) is 0.523. The van der Waals surface area contributed by atoms with Gasteiger partial charge in [0.25, 0.3) is 11.5 Å². The third-order valence-electron chi connectivity index (χ3n) is 8.33. The second-order valence-corrected chi connectivity index (χ2v) is 11.4. The molecule has 0 unspecified atom stereocenters. The molecule has 0 spiro atoms. The van der Waals surface area contributed by atoms with Gasteiger partial charge in [-0.1, -0.05) is 60.1 Å². The van der Waals surface area contributed by atoms with Crippen molar-refractivity contribution in [3.8, 4) is 11.3 Å². The number of aliphatic hydroxyl groups is 1. The molecule has 0 saturated heterocycles. The SMILES string of the molecule is O=C([C@H](O)c1cccc(Cl)c1)N1CCCc2nc(C3(c4cccc(-c5cc6ccccc6o5)c4)CC3)[nH]c(=O)c2C1. The smallest absolute Gasteiger partial charge is 0.256 e. The Labute approximate surface area is 241 Å². The average molecular weight is 566 g/mol. The Balaban J connectivity index is 1.18. The number of aryl methyl sites for hydroxylation is 1. The van der Waals surface area contributed by atoms with Gasteiger partial charge >= 0.3 is 0 Å². The number of hydrogen-bond donors (Lipinski definition) is 2. The largest absolute Gasteiger partial charge is 0.456 e. The molecule has 1 saturated carbocycles. The number of aliphatic hydroxyl groups excluding tert-OH is 1. The fourth-order valence-electron chi connectivity index (χ4n) is 5.91. The molecule has 0 radical (unpaired) electrons. The van der Waals surface area contributed by atoms with Crippen molar-refractivity contribution in [2.75, 3.05) is 6.54 Å². The van der Waals surface area contributed by atoms with E-state index in [0.29, 0.717) is 41.4 Å². The summed E-state index contributed by atoms with van der Waals surface area (Å²) in [6.07, 6.45) is 1.64. The van der Waals surface area contributed by atoms with Crippen LogP contribution in [-0.2, 0) is 23.2 Å². The Kier molecular flexibility index (Phi) is 6.29. The second-order valence-electron chi connectivity index (χ2n) is 11.0. The van der Waals surface area contributed by atoms with Crippen LogP contribution in [0.4, 0.5) is 0 Å². The second kappa shape index (κ2) is 10.0. The van der Waals surface area contributed by atoms with Crippen molar-refractivity contribution >= 4 is 28.5 Å². The predicted octanol–water partition coefficient (Wildman–Crippen LogP) is 5.92. The first kappa shape index (κ1) is 25.7. The molecule has 3 heterocycles. The first-order chi connectivity index (χ1) is 19.9. The van der Waals surface area contributed by atoms with Crippen molar-refractivity contribution in [2.45, 2.75) is 43.7 Å².